The van der Waals surface area contributed by atoms with Crippen molar-refractivity contribution in [1.29, 1.82) is 0 Å². The van der Waals surface area contributed by atoms with Crippen molar-refractivity contribution in [1.82, 2.24) is 0 Å². The van der Waals surface area contributed by atoms with Gasteiger partial charge in [-0.1, -0.05) is 0 Å². The largest absolute Gasteiger partial charge is 0.507 e. The van der Waals surface area contributed by atoms with Crippen molar-refractivity contribution in [3.05, 3.63) is 22.2 Å². The van der Waals surface area contributed by atoms with Gasteiger partial charge in [-0.3, -0.25) is 0 Å². The van der Waals surface area contributed by atoms with Gasteiger partial charge >= 0.3 is 0 Å². The molecular formula is C10H13BrO4. The molecule has 15 heavy (non-hydrogen) atoms. The molecule has 0 amide bonds. The first-order valence-electron chi connectivity index (χ1n) is 4.40. The highest BCUT2D eigenvalue weighted by Crippen LogP contribution is 2.34. The molecule has 1 N–H and O–H groups in total. The number of aromatic hydroxyl groups is 1. The topological polar surface area (TPSA) is 47.9 Å². The summed E-state index contributed by atoms with van der Waals surface area (Å²) in [4.78, 5) is 8.08. The summed E-state index contributed by atoms with van der Waals surface area (Å²) in [5, 5.41) is 9.28. The van der Waals surface area contributed by atoms with Gasteiger partial charge in [0.05, 0.1) is 25.3 Å². The molecule has 4 nitrogen and oxygen atoms in total. The van der Waals surface area contributed by atoms with E-state index in [0.717, 1.165) is 24.3 Å². The Labute approximate surface area is 96.8 Å². The lowest BCUT2D eigenvalue weighted by Crippen LogP contribution is -1.85. The van der Waals surface area contributed by atoms with Gasteiger partial charge in [-0.15, -0.1) is 0 Å². The summed E-state index contributed by atoms with van der Waals surface area (Å²) in [6.45, 7) is 0.727. The zero-order chi connectivity index (χ0) is 11.3. The van der Waals surface area contributed by atoms with Gasteiger partial charge in [0.1, 0.15) is 11.5 Å². The maximum absolute atomic E-state index is 9.28. The lowest BCUT2D eigenvalue weighted by molar-refractivity contribution is -0.248. The number of benzene rings is 1. The zero-order valence-corrected chi connectivity index (χ0v) is 10.2. The minimum atomic E-state index is 0.286. The molecule has 84 valence electrons. The van der Waals surface area contributed by atoms with Crippen LogP contribution in [0.1, 0.15) is 5.56 Å². The Kier molecular flexibility index (Phi) is 4.87. The molecule has 0 saturated carbocycles. The maximum Gasteiger partial charge on any atom is 0.130 e. The third kappa shape index (κ3) is 3.37. The highest BCUT2D eigenvalue weighted by atomic mass is 79.9. The lowest BCUT2D eigenvalue weighted by atomic mass is 10.2. The van der Waals surface area contributed by atoms with Crippen LogP contribution >= 0.6 is 15.9 Å². The van der Waals surface area contributed by atoms with Crippen LogP contribution < -0.4 is 4.74 Å². The van der Waals surface area contributed by atoms with Crippen LogP contribution in [-0.2, 0) is 16.2 Å². The smallest absolute Gasteiger partial charge is 0.130 e. The average Bonchev–Trinajstić information content (AvgIpc) is 2.66. The van der Waals surface area contributed by atoms with Gasteiger partial charge in [-0.2, -0.15) is 0 Å². The van der Waals surface area contributed by atoms with Gasteiger partial charge in [0.25, 0.3) is 0 Å². The molecule has 1 aliphatic rings. The lowest BCUT2D eigenvalue weighted by Gasteiger charge is -2.00. The monoisotopic (exact) mass is 276 g/mol. The fraction of sp³-hybridized carbons (Fsp3) is 0.400. The van der Waals surface area contributed by atoms with Crippen LogP contribution in [0.3, 0.4) is 0 Å². The number of hydrogen-bond acceptors (Lipinski definition) is 4. The van der Waals surface area contributed by atoms with Crippen LogP contribution in [0.5, 0.6) is 11.5 Å². The van der Waals surface area contributed by atoms with Crippen LogP contribution in [-0.4, -0.2) is 25.9 Å². The summed E-state index contributed by atoms with van der Waals surface area (Å²) in [5.74, 6) is 1.17. The van der Waals surface area contributed by atoms with E-state index >= 15 is 0 Å². The molecule has 5 heteroatoms. The van der Waals surface area contributed by atoms with Crippen molar-refractivity contribution in [2.45, 2.75) is 6.42 Å². The second-order valence-electron chi connectivity index (χ2n) is 2.84. The SMILES string of the molecule is COOC.Oc1cc2c(cc1Br)OCC2. The molecule has 0 spiro atoms. The first kappa shape index (κ1) is 12.3. The van der Waals surface area contributed by atoms with Crippen LogP contribution in [0, 0.1) is 0 Å². The molecule has 0 aromatic heterocycles. The Morgan fingerprint density at radius 1 is 1.33 bits per heavy atom. The zero-order valence-electron chi connectivity index (χ0n) is 8.62. The predicted octanol–water partition coefficient (Wildman–Crippen LogP) is 2.28. The van der Waals surface area contributed by atoms with Gasteiger partial charge in [0, 0.05) is 12.0 Å². The van der Waals surface area contributed by atoms with Crippen molar-refractivity contribution in [2.75, 3.05) is 20.8 Å². The third-order valence-corrected chi connectivity index (χ3v) is 2.56. The molecule has 0 fully saturated rings. The standard InChI is InChI=1S/C8H7BrO2.C2H6O2/c9-6-4-8-5(1-2-11-8)3-7(6)10;1-3-4-2/h3-4,10H,1-2H2;1-2H3. The number of phenolic OH excluding ortho intramolecular Hbond substituents is 1. The van der Waals surface area contributed by atoms with E-state index in [0.29, 0.717) is 4.47 Å². The second kappa shape index (κ2) is 5.95. The van der Waals surface area contributed by atoms with E-state index in [4.69, 9.17) is 4.74 Å². The van der Waals surface area contributed by atoms with Gasteiger partial charge in [0.15, 0.2) is 0 Å². The van der Waals surface area contributed by atoms with E-state index in [1.807, 2.05) is 0 Å². The average molecular weight is 277 g/mol. The highest BCUT2D eigenvalue weighted by molar-refractivity contribution is 9.10. The van der Waals surface area contributed by atoms with Crippen molar-refractivity contribution in [3.8, 4) is 11.5 Å². The summed E-state index contributed by atoms with van der Waals surface area (Å²) < 4.78 is 5.99. The summed E-state index contributed by atoms with van der Waals surface area (Å²) in [5.41, 5.74) is 1.09. The van der Waals surface area contributed by atoms with E-state index in [1.54, 1.807) is 12.1 Å². The molecule has 0 bridgehead atoms. The van der Waals surface area contributed by atoms with Crippen LogP contribution in [0.2, 0.25) is 0 Å². The molecule has 0 atom stereocenters. The third-order valence-electron chi connectivity index (χ3n) is 1.93. The Hall–Kier alpha value is -0.780. The molecule has 1 aliphatic heterocycles. The summed E-state index contributed by atoms with van der Waals surface area (Å²) >= 11 is 3.22. The molecular weight excluding hydrogens is 264 g/mol. The number of fused-ring (bicyclic) bond motifs is 1. The fourth-order valence-electron chi connectivity index (χ4n) is 1.19. The van der Waals surface area contributed by atoms with E-state index in [-0.39, 0.29) is 5.75 Å². The second-order valence-corrected chi connectivity index (χ2v) is 3.70. The summed E-state index contributed by atoms with van der Waals surface area (Å²) in [6, 6.07) is 3.55. The molecule has 0 saturated heterocycles. The van der Waals surface area contributed by atoms with Crippen LogP contribution in [0.15, 0.2) is 16.6 Å². The number of hydrogen-bond donors (Lipinski definition) is 1. The van der Waals surface area contributed by atoms with Crippen molar-refractivity contribution < 1.29 is 19.6 Å². The molecule has 1 heterocycles. The van der Waals surface area contributed by atoms with E-state index in [9.17, 15) is 5.11 Å². The van der Waals surface area contributed by atoms with Gasteiger partial charge in [-0.25, -0.2) is 9.78 Å². The first-order valence-corrected chi connectivity index (χ1v) is 5.19. The van der Waals surface area contributed by atoms with E-state index < -0.39 is 0 Å². The number of rotatable bonds is 1. The fourth-order valence-corrected chi connectivity index (χ4v) is 1.51. The minimum absolute atomic E-state index is 0.286. The predicted molar refractivity (Wildman–Crippen MR) is 59.0 cm³/mol. The molecule has 2 rings (SSSR count). The number of phenols is 1. The van der Waals surface area contributed by atoms with Gasteiger partial charge < -0.3 is 9.84 Å². The Bertz CT molecular complexity index is 296. The summed E-state index contributed by atoms with van der Waals surface area (Å²) in [7, 11) is 2.92. The molecule has 0 unspecified atom stereocenters. The Balaban J connectivity index is 0.000000245. The molecule has 1 aromatic carbocycles. The number of halogens is 1. The molecule has 0 aliphatic carbocycles. The normalized spacial score (nSPS) is 12.5. The Morgan fingerprint density at radius 3 is 2.60 bits per heavy atom. The van der Waals surface area contributed by atoms with Crippen molar-refractivity contribution in [3.63, 3.8) is 0 Å². The molecule has 1 aromatic rings. The Morgan fingerprint density at radius 2 is 2.00 bits per heavy atom. The maximum atomic E-state index is 9.28. The number of ether oxygens (including phenoxy) is 1. The van der Waals surface area contributed by atoms with Crippen molar-refractivity contribution in [2.24, 2.45) is 0 Å². The minimum Gasteiger partial charge on any atom is -0.507 e. The van der Waals surface area contributed by atoms with Crippen LogP contribution in [0.4, 0.5) is 0 Å². The van der Waals surface area contributed by atoms with Gasteiger partial charge in [-0.05, 0) is 28.1 Å². The molecule has 0 radical (unpaired) electrons. The van der Waals surface area contributed by atoms with Crippen LogP contribution in [0.25, 0.3) is 0 Å². The van der Waals surface area contributed by atoms with E-state index in [2.05, 4.69) is 25.7 Å². The first-order chi connectivity index (χ1) is 7.19. The van der Waals surface area contributed by atoms with Gasteiger partial charge in [0.2, 0.25) is 0 Å². The quantitative estimate of drug-likeness (QED) is 0.632. The van der Waals surface area contributed by atoms with E-state index in [1.165, 1.54) is 14.2 Å². The highest BCUT2D eigenvalue weighted by Gasteiger charge is 2.13. The van der Waals surface area contributed by atoms with Crippen molar-refractivity contribution >= 4 is 15.9 Å². The summed E-state index contributed by atoms with van der Waals surface area (Å²) in [6.07, 6.45) is 0.899.